The Bertz CT molecular complexity index is 634. The van der Waals surface area contributed by atoms with Crippen LogP contribution in [0.1, 0.15) is 40.2 Å². The van der Waals surface area contributed by atoms with E-state index in [0.29, 0.717) is 0 Å². The summed E-state index contributed by atoms with van der Waals surface area (Å²) in [6.45, 7) is 8.01. The van der Waals surface area contributed by atoms with Crippen LogP contribution in [0.15, 0.2) is 0 Å². The molecule has 0 atom stereocenters. The van der Waals surface area contributed by atoms with Crippen molar-refractivity contribution in [3.05, 3.63) is 22.5 Å². The van der Waals surface area contributed by atoms with E-state index in [0.717, 1.165) is 48.4 Å². The van der Waals surface area contributed by atoms with Crippen molar-refractivity contribution in [2.75, 3.05) is 20.1 Å². The maximum atomic E-state index is 12.4. The molecule has 148 valence electrons. The van der Waals surface area contributed by atoms with Crippen LogP contribution in [-0.4, -0.2) is 58.9 Å². The number of aliphatic carboxylic acids is 1. The standard InChI is InChI=1S/C15H24N2O2.C2HF3O2/c1-10-11(2)17(5)12(3)14(10)15(18)19-13-6-8-16(4)9-7-13;3-2(4,5)1(6)7/h13H,6-9H2,1-5H3;(H,6,7). The molecule has 26 heavy (non-hydrogen) atoms. The summed E-state index contributed by atoms with van der Waals surface area (Å²) in [6.07, 6.45) is -3.14. The van der Waals surface area contributed by atoms with Crippen LogP contribution in [0, 0.1) is 20.8 Å². The third-order valence-corrected chi connectivity index (χ3v) is 4.67. The SMILES string of the molecule is Cc1c(C(=O)OC2CCN(C)CC2)c(C)n(C)c1C.O=C(O)C(F)(F)F. The first-order valence-electron chi connectivity index (χ1n) is 8.18. The Morgan fingerprint density at radius 1 is 1.08 bits per heavy atom. The lowest BCUT2D eigenvalue weighted by molar-refractivity contribution is -0.192. The van der Waals surface area contributed by atoms with Gasteiger partial charge in [-0.1, -0.05) is 0 Å². The van der Waals surface area contributed by atoms with Gasteiger partial charge in [0.15, 0.2) is 0 Å². The number of esters is 1. The number of hydrogen-bond acceptors (Lipinski definition) is 4. The maximum absolute atomic E-state index is 12.4. The van der Waals surface area contributed by atoms with Crippen molar-refractivity contribution in [1.29, 1.82) is 0 Å². The number of aromatic nitrogens is 1. The number of piperidine rings is 1. The number of nitrogens with zero attached hydrogens (tertiary/aromatic N) is 2. The molecular formula is C17H25F3N2O4. The van der Waals surface area contributed by atoms with Crippen LogP contribution in [0.2, 0.25) is 0 Å². The average molecular weight is 378 g/mol. The van der Waals surface area contributed by atoms with Gasteiger partial charge in [0.1, 0.15) is 6.10 Å². The van der Waals surface area contributed by atoms with Gasteiger partial charge in [0.05, 0.1) is 5.56 Å². The predicted molar refractivity (Wildman–Crippen MR) is 89.2 cm³/mol. The van der Waals surface area contributed by atoms with E-state index in [1.165, 1.54) is 0 Å². The molecule has 6 nitrogen and oxygen atoms in total. The van der Waals surface area contributed by atoms with Crippen molar-refractivity contribution in [3.8, 4) is 0 Å². The van der Waals surface area contributed by atoms with E-state index in [1.807, 2.05) is 27.8 Å². The van der Waals surface area contributed by atoms with Crippen LogP contribution >= 0.6 is 0 Å². The maximum Gasteiger partial charge on any atom is 0.490 e. The van der Waals surface area contributed by atoms with Crippen molar-refractivity contribution in [2.24, 2.45) is 7.05 Å². The summed E-state index contributed by atoms with van der Waals surface area (Å²) in [7, 11) is 4.09. The molecule has 0 bridgehead atoms. The van der Waals surface area contributed by atoms with Crippen LogP contribution < -0.4 is 0 Å². The molecule has 0 unspecified atom stereocenters. The highest BCUT2D eigenvalue weighted by Gasteiger charge is 2.38. The Morgan fingerprint density at radius 3 is 1.88 bits per heavy atom. The van der Waals surface area contributed by atoms with E-state index in [2.05, 4.69) is 16.5 Å². The topological polar surface area (TPSA) is 71.8 Å². The first-order valence-corrected chi connectivity index (χ1v) is 8.18. The molecule has 1 aliphatic rings. The minimum atomic E-state index is -5.08. The van der Waals surface area contributed by atoms with Gasteiger partial charge in [0, 0.05) is 31.5 Å². The van der Waals surface area contributed by atoms with Crippen molar-refractivity contribution in [3.63, 3.8) is 0 Å². The van der Waals surface area contributed by atoms with E-state index >= 15 is 0 Å². The molecular weight excluding hydrogens is 353 g/mol. The van der Waals surface area contributed by atoms with Gasteiger partial charge in [-0.25, -0.2) is 9.59 Å². The third kappa shape index (κ3) is 5.48. The molecule has 0 aromatic carbocycles. The van der Waals surface area contributed by atoms with E-state index < -0.39 is 12.1 Å². The zero-order valence-corrected chi connectivity index (χ0v) is 15.6. The number of likely N-dealkylation sites (tertiary alicyclic amines) is 1. The van der Waals surface area contributed by atoms with Crippen LogP contribution in [0.4, 0.5) is 13.2 Å². The number of alkyl halides is 3. The van der Waals surface area contributed by atoms with Gasteiger partial charge >= 0.3 is 18.1 Å². The summed E-state index contributed by atoms with van der Waals surface area (Å²) in [6, 6.07) is 0. The molecule has 1 aromatic rings. The van der Waals surface area contributed by atoms with Gasteiger partial charge in [-0.05, 0) is 46.2 Å². The zero-order valence-electron chi connectivity index (χ0n) is 15.6. The second kappa shape index (κ2) is 8.57. The molecule has 1 aliphatic heterocycles. The molecule has 2 heterocycles. The Kier molecular flexibility index (Phi) is 7.25. The number of carboxylic acid groups (broad SMARTS) is 1. The van der Waals surface area contributed by atoms with Crippen molar-refractivity contribution >= 4 is 11.9 Å². The first-order chi connectivity index (χ1) is 11.9. The highest BCUT2D eigenvalue weighted by atomic mass is 19.4. The minimum Gasteiger partial charge on any atom is -0.475 e. The summed E-state index contributed by atoms with van der Waals surface area (Å²) in [5.74, 6) is -2.92. The number of halogens is 3. The van der Waals surface area contributed by atoms with E-state index in [1.54, 1.807) is 0 Å². The molecule has 0 spiro atoms. The Labute approximate surface area is 150 Å². The van der Waals surface area contributed by atoms with E-state index in [-0.39, 0.29) is 12.1 Å². The quantitative estimate of drug-likeness (QED) is 0.802. The van der Waals surface area contributed by atoms with Gasteiger partial charge in [0.2, 0.25) is 0 Å². The third-order valence-electron chi connectivity index (χ3n) is 4.67. The number of ether oxygens (including phenoxy) is 1. The summed E-state index contributed by atoms with van der Waals surface area (Å²) in [5, 5.41) is 7.12. The predicted octanol–water partition coefficient (Wildman–Crippen LogP) is 2.83. The molecule has 1 saturated heterocycles. The summed E-state index contributed by atoms with van der Waals surface area (Å²) in [5.41, 5.74) is 3.91. The Hall–Kier alpha value is -2.03. The molecule has 9 heteroatoms. The second-order valence-corrected chi connectivity index (χ2v) is 6.44. The lowest BCUT2D eigenvalue weighted by Crippen LogP contribution is -2.35. The van der Waals surface area contributed by atoms with E-state index in [4.69, 9.17) is 14.6 Å². The van der Waals surface area contributed by atoms with E-state index in [9.17, 15) is 18.0 Å². The molecule has 0 radical (unpaired) electrons. The highest BCUT2D eigenvalue weighted by Crippen LogP contribution is 2.23. The number of carboxylic acids is 1. The molecule has 0 amide bonds. The lowest BCUT2D eigenvalue weighted by atomic mass is 10.1. The minimum absolute atomic E-state index is 0.0722. The number of hydrogen-bond donors (Lipinski definition) is 1. The van der Waals surface area contributed by atoms with Crippen molar-refractivity contribution in [1.82, 2.24) is 9.47 Å². The molecule has 2 rings (SSSR count). The number of rotatable bonds is 2. The van der Waals surface area contributed by atoms with Gasteiger partial charge in [-0.3, -0.25) is 0 Å². The zero-order chi connectivity index (χ0) is 20.2. The van der Waals surface area contributed by atoms with Gasteiger partial charge in [-0.2, -0.15) is 13.2 Å². The van der Waals surface area contributed by atoms with Crippen molar-refractivity contribution in [2.45, 2.75) is 45.9 Å². The molecule has 1 aromatic heterocycles. The van der Waals surface area contributed by atoms with Crippen LogP contribution in [0.25, 0.3) is 0 Å². The molecule has 1 N–H and O–H groups in total. The average Bonchev–Trinajstić information content (AvgIpc) is 2.73. The fourth-order valence-corrected chi connectivity index (χ4v) is 2.74. The fourth-order valence-electron chi connectivity index (χ4n) is 2.74. The van der Waals surface area contributed by atoms with Gasteiger partial charge < -0.3 is 19.3 Å². The van der Waals surface area contributed by atoms with Gasteiger partial charge in [-0.15, -0.1) is 0 Å². The lowest BCUT2D eigenvalue weighted by Gasteiger charge is -2.28. The normalized spacial score (nSPS) is 16.0. The summed E-state index contributed by atoms with van der Waals surface area (Å²) >= 11 is 0. The summed E-state index contributed by atoms with van der Waals surface area (Å²) in [4.78, 5) is 23.5. The molecule has 0 aliphatic carbocycles. The number of carbonyl (C=O) groups is 2. The second-order valence-electron chi connectivity index (χ2n) is 6.44. The Balaban J connectivity index is 0.000000412. The molecule has 0 saturated carbocycles. The smallest absolute Gasteiger partial charge is 0.475 e. The first kappa shape index (κ1) is 22.0. The van der Waals surface area contributed by atoms with Gasteiger partial charge in [0.25, 0.3) is 0 Å². The fraction of sp³-hybridized carbons (Fsp3) is 0.647. The Morgan fingerprint density at radius 2 is 1.54 bits per heavy atom. The largest absolute Gasteiger partial charge is 0.490 e. The monoisotopic (exact) mass is 378 g/mol. The highest BCUT2D eigenvalue weighted by molar-refractivity contribution is 5.93. The van der Waals surface area contributed by atoms with Crippen LogP contribution in [0.5, 0.6) is 0 Å². The molecule has 1 fully saturated rings. The van der Waals surface area contributed by atoms with Crippen molar-refractivity contribution < 1.29 is 32.6 Å². The summed E-state index contributed by atoms with van der Waals surface area (Å²) < 4.78 is 39.5. The van der Waals surface area contributed by atoms with Crippen LogP contribution in [-0.2, 0) is 16.6 Å². The van der Waals surface area contributed by atoms with Crippen LogP contribution in [0.3, 0.4) is 0 Å². The number of carbonyl (C=O) groups excluding carboxylic acids is 1.